The first-order valence-corrected chi connectivity index (χ1v) is 3.56. The number of ether oxygens (including phenoxy) is 1. The van der Waals surface area contributed by atoms with E-state index in [-0.39, 0.29) is 17.6 Å². The smallest absolute Gasteiger partial charge is 0.324 e. The fraction of sp³-hybridized carbons (Fsp3) is 0.857. The van der Waals surface area contributed by atoms with Crippen molar-refractivity contribution >= 4 is 5.97 Å². The number of carbonyl (C=O) groups excluding carboxylic acids is 1. The van der Waals surface area contributed by atoms with Gasteiger partial charge in [-0.05, 0) is 12.3 Å². The summed E-state index contributed by atoms with van der Waals surface area (Å²) in [4.78, 5) is 10.9. The van der Waals surface area contributed by atoms with E-state index in [1.807, 2.05) is 0 Å². The van der Waals surface area contributed by atoms with Gasteiger partial charge < -0.3 is 4.74 Å². The van der Waals surface area contributed by atoms with Crippen molar-refractivity contribution in [3.8, 4) is 0 Å². The molecule has 3 atom stereocenters. The lowest BCUT2D eigenvalue weighted by atomic mass is 10.2. The molecule has 3 nitrogen and oxygen atoms in total. The van der Waals surface area contributed by atoms with Crippen LogP contribution in [0.25, 0.3) is 0 Å². The summed E-state index contributed by atoms with van der Waals surface area (Å²) in [5, 5.41) is 3.14. The number of hydrogen-bond acceptors (Lipinski definition) is 3. The average Bonchev–Trinajstić information content (AvgIpc) is 2.76. The third-order valence-electron chi connectivity index (χ3n) is 2.64. The van der Waals surface area contributed by atoms with E-state index in [0.717, 1.165) is 6.42 Å². The second-order valence-electron chi connectivity index (χ2n) is 3.25. The van der Waals surface area contributed by atoms with E-state index in [2.05, 4.69) is 17.0 Å². The lowest BCUT2D eigenvalue weighted by Crippen LogP contribution is -2.13. The van der Waals surface area contributed by atoms with Gasteiger partial charge in [-0.15, -0.1) is 0 Å². The molecule has 0 aromatic carbocycles. The maximum Gasteiger partial charge on any atom is 0.324 e. The van der Waals surface area contributed by atoms with Gasteiger partial charge in [0.25, 0.3) is 0 Å². The lowest BCUT2D eigenvalue weighted by molar-refractivity contribution is -0.140. The van der Waals surface area contributed by atoms with Crippen molar-refractivity contribution in [1.82, 2.24) is 5.32 Å². The maximum absolute atomic E-state index is 10.9. The zero-order chi connectivity index (χ0) is 7.35. The predicted octanol–water partition coefficient (Wildman–Crippen LogP) is -0.0902. The van der Waals surface area contributed by atoms with Gasteiger partial charge in [-0.2, -0.15) is 0 Å². The Hall–Kier alpha value is -0.570. The number of methoxy groups -OCH3 is 1. The molecule has 56 valence electrons. The molecule has 1 unspecified atom stereocenters. The first-order valence-electron chi connectivity index (χ1n) is 3.56. The van der Waals surface area contributed by atoms with Crippen LogP contribution in [0, 0.1) is 5.92 Å². The van der Waals surface area contributed by atoms with Crippen molar-refractivity contribution in [2.75, 3.05) is 7.11 Å². The van der Waals surface area contributed by atoms with Gasteiger partial charge >= 0.3 is 5.97 Å². The highest BCUT2D eigenvalue weighted by molar-refractivity contribution is 5.83. The van der Waals surface area contributed by atoms with Crippen LogP contribution >= 0.6 is 0 Å². The Morgan fingerprint density at radius 1 is 1.80 bits per heavy atom. The molecule has 1 spiro atoms. The minimum Gasteiger partial charge on any atom is -0.468 e. The molecule has 10 heavy (non-hydrogen) atoms. The fourth-order valence-electron chi connectivity index (χ4n) is 1.67. The molecule has 0 bridgehead atoms. The second kappa shape index (κ2) is 1.53. The number of hydrogen-bond donors (Lipinski definition) is 1. The first-order chi connectivity index (χ1) is 4.70. The Morgan fingerprint density at radius 3 is 2.70 bits per heavy atom. The standard InChI is InChI=1S/C7H11NO2/c1-4-3-7(4)5(8-7)6(9)10-2/h4-5,8H,3H2,1-2H3/t4?,5-,7-/m0/s1. The van der Waals surface area contributed by atoms with Gasteiger partial charge in [0.15, 0.2) is 0 Å². The summed E-state index contributed by atoms with van der Waals surface area (Å²) >= 11 is 0. The van der Waals surface area contributed by atoms with Crippen LogP contribution in [0.1, 0.15) is 13.3 Å². The summed E-state index contributed by atoms with van der Waals surface area (Å²) in [5.74, 6) is 0.556. The third-order valence-corrected chi connectivity index (χ3v) is 2.64. The molecule has 2 fully saturated rings. The van der Waals surface area contributed by atoms with E-state index < -0.39 is 0 Å². The van der Waals surface area contributed by atoms with Crippen molar-refractivity contribution in [3.05, 3.63) is 0 Å². The van der Waals surface area contributed by atoms with Crippen molar-refractivity contribution in [3.63, 3.8) is 0 Å². The van der Waals surface area contributed by atoms with Crippen LogP contribution in [-0.2, 0) is 9.53 Å². The van der Waals surface area contributed by atoms with Gasteiger partial charge in [0.05, 0.1) is 7.11 Å². The summed E-state index contributed by atoms with van der Waals surface area (Å²) in [7, 11) is 1.43. The molecule has 1 aliphatic carbocycles. The van der Waals surface area contributed by atoms with Gasteiger partial charge in [0, 0.05) is 5.54 Å². The molecule has 1 saturated heterocycles. The normalized spacial score (nSPS) is 49.0. The maximum atomic E-state index is 10.9. The predicted molar refractivity (Wildman–Crippen MR) is 35.5 cm³/mol. The van der Waals surface area contributed by atoms with Crippen LogP contribution in [0.15, 0.2) is 0 Å². The van der Waals surface area contributed by atoms with E-state index in [9.17, 15) is 4.79 Å². The zero-order valence-electron chi connectivity index (χ0n) is 6.18. The Bertz CT molecular complexity index is 192. The van der Waals surface area contributed by atoms with Crippen molar-refractivity contribution < 1.29 is 9.53 Å². The molecule has 1 saturated carbocycles. The van der Waals surface area contributed by atoms with Crippen LogP contribution in [0.5, 0.6) is 0 Å². The van der Waals surface area contributed by atoms with Crippen molar-refractivity contribution in [2.24, 2.45) is 5.92 Å². The number of nitrogens with one attached hydrogen (secondary N) is 1. The summed E-state index contributed by atoms with van der Waals surface area (Å²) in [6.45, 7) is 2.15. The van der Waals surface area contributed by atoms with E-state index in [0.29, 0.717) is 5.92 Å². The zero-order valence-corrected chi connectivity index (χ0v) is 6.18. The highest BCUT2D eigenvalue weighted by Gasteiger charge is 2.71. The largest absolute Gasteiger partial charge is 0.468 e. The van der Waals surface area contributed by atoms with Crippen molar-refractivity contribution in [2.45, 2.75) is 24.9 Å². The average molecular weight is 141 g/mol. The molecular weight excluding hydrogens is 130 g/mol. The molecule has 1 N–H and O–H groups in total. The number of rotatable bonds is 1. The summed E-state index contributed by atoms with van der Waals surface area (Å²) < 4.78 is 4.60. The third kappa shape index (κ3) is 0.560. The molecular formula is C7H11NO2. The van der Waals surface area contributed by atoms with Gasteiger partial charge in [0.1, 0.15) is 6.04 Å². The monoisotopic (exact) mass is 141 g/mol. The fourth-order valence-corrected chi connectivity index (χ4v) is 1.67. The van der Waals surface area contributed by atoms with Gasteiger partial charge in [-0.3, -0.25) is 10.1 Å². The van der Waals surface area contributed by atoms with E-state index in [1.165, 1.54) is 7.11 Å². The molecule has 0 amide bonds. The van der Waals surface area contributed by atoms with Crippen LogP contribution in [-0.4, -0.2) is 24.7 Å². The van der Waals surface area contributed by atoms with Gasteiger partial charge in [-0.1, -0.05) is 6.92 Å². The topological polar surface area (TPSA) is 48.2 Å². The van der Waals surface area contributed by atoms with E-state index in [1.54, 1.807) is 0 Å². The van der Waals surface area contributed by atoms with Crippen LogP contribution in [0.4, 0.5) is 0 Å². The van der Waals surface area contributed by atoms with Crippen molar-refractivity contribution in [1.29, 1.82) is 0 Å². The Morgan fingerprint density at radius 2 is 2.40 bits per heavy atom. The van der Waals surface area contributed by atoms with Crippen LogP contribution in [0.3, 0.4) is 0 Å². The quantitative estimate of drug-likeness (QED) is 0.410. The highest BCUT2D eigenvalue weighted by Crippen LogP contribution is 2.55. The molecule has 2 rings (SSSR count). The molecule has 3 heteroatoms. The SMILES string of the molecule is COC(=O)[C@@H]1N[C@]12CC2C. The second-order valence-corrected chi connectivity index (χ2v) is 3.25. The first kappa shape index (κ1) is 6.16. The summed E-state index contributed by atoms with van der Waals surface area (Å²) in [5.41, 5.74) is 0.174. The lowest BCUT2D eigenvalue weighted by Gasteiger charge is -1.91. The molecule has 2 aliphatic rings. The Kier molecular flexibility index (Phi) is 0.944. The van der Waals surface area contributed by atoms with E-state index in [4.69, 9.17) is 0 Å². The Labute approximate surface area is 59.7 Å². The Balaban J connectivity index is 1.97. The molecule has 0 aromatic rings. The summed E-state index contributed by atoms with van der Waals surface area (Å²) in [6, 6.07) is 0.00694. The van der Waals surface area contributed by atoms with Crippen LogP contribution < -0.4 is 5.32 Å². The molecule has 0 radical (unpaired) electrons. The van der Waals surface area contributed by atoms with Crippen LogP contribution in [0.2, 0.25) is 0 Å². The number of carbonyl (C=O) groups is 1. The highest BCUT2D eigenvalue weighted by atomic mass is 16.5. The minimum atomic E-state index is -0.107. The van der Waals surface area contributed by atoms with Gasteiger partial charge in [-0.25, -0.2) is 0 Å². The van der Waals surface area contributed by atoms with Gasteiger partial charge in [0.2, 0.25) is 0 Å². The summed E-state index contributed by atoms with van der Waals surface area (Å²) in [6.07, 6.45) is 1.13. The van der Waals surface area contributed by atoms with E-state index >= 15 is 0 Å². The number of esters is 1. The molecule has 0 aromatic heterocycles. The minimum absolute atomic E-state index is 0.00694. The molecule has 1 aliphatic heterocycles. The molecule has 1 heterocycles.